The Morgan fingerprint density at radius 2 is 2.29 bits per heavy atom. The molecule has 17 heavy (non-hydrogen) atoms. The van der Waals surface area contributed by atoms with Gasteiger partial charge in [-0.3, -0.25) is 4.79 Å². The van der Waals surface area contributed by atoms with Crippen molar-refractivity contribution in [3.05, 3.63) is 22.3 Å². The molecule has 1 heterocycles. The predicted molar refractivity (Wildman–Crippen MR) is 73.2 cm³/mol. The van der Waals surface area contributed by atoms with Crippen LogP contribution in [0.5, 0.6) is 0 Å². The predicted octanol–water partition coefficient (Wildman–Crippen LogP) is 1.97. The zero-order chi connectivity index (χ0) is 13.0. The van der Waals surface area contributed by atoms with Crippen molar-refractivity contribution in [2.75, 3.05) is 25.5 Å². The van der Waals surface area contributed by atoms with Crippen LogP contribution >= 0.6 is 15.9 Å². The lowest BCUT2D eigenvalue weighted by Gasteiger charge is -2.23. The van der Waals surface area contributed by atoms with Crippen LogP contribution in [0.3, 0.4) is 0 Å². The van der Waals surface area contributed by atoms with Gasteiger partial charge in [0.2, 0.25) is 5.91 Å². The van der Waals surface area contributed by atoms with Gasteiger partial charge in [-0.1, -0.05) is 6.92 Å². The molecule has 1 atom stereocenters. The topological polar surface area (TPSA) is 45.2 Å². The molecule has 1 aromatic heterocycles. The molecular formula is C12H18BrN3O. The van der Waals surface area contributed by atoms with Crippen LogP contribution in [0, 0.1) is 12.8 Å². The van der Waals surface area contributed by atoms with Gasteiger partial charge in [-0.2, -0.15) is 0 Å². The minimum absolute atomic E-state index is 0.0478. The number of carbonyl (C=O) groups is 1. The van der Waals surface area contributed by atoms with Crippen molar-refractivity contribution in [1.82, 2.24) is 10.3 Å². The van der Waals surface area contributed by atoms with E-state index in [4.69, 9.17) is 0 Å². The van der Waals surface area contributed by atoms with Gasteiger partial charge in [0.05, 0.1) is 5.92 Å². The van der Waals surface area contributed by atoms with Crippen molar-refractivity contribution in [2.24, 2.45) is 5.92 Å². The fourth-order valence-electron chi connectivity index (χ4n) is 1.76. The maximum atomic E-state index is 11.5. The second kappa shape index (κ2) is 6.00. The summed E-state index contributed by atoms with van der Waals surface area (Å²) in [5, 5.41) is 2.65. The molecule has 1 amide bonds. The summed E-state index contributed by atoms with van der Waals surface area (Å²) in [4.78, 5) is 17.8. The van der Waals surface area contributed by atoms with E-state index in [1.54, 1.807) is 13.2 Å². The van der Waals surface area contributed by atoms with Gasteiger partial charge >= 0.3 is 0 Å². The highest BCUT2D eigenvalue weighted by Crippen LogP contribution is 2.20. The molecule has 1 N–H and O–H groups in total. The fraction of sp³-hybridized carbons (Fsp3) is 0.500. The van der Waals surface area contributed by atoms with Gasteiger partial charge in [0, 0.05) is 31.3 Å². The number of nitrogens with zero attached hydrogens (tertiary/aromatic N) is 2. The van der Waals surface area contributed by atoms with E-state index < -0.39 is 0 Å². The molecular weight excluding hydrogens is 282 g/mol. The van der Waals surface area contributed by atoms with E-state index in [1.807, 2.05) is 31.9 Å². The van der Waals surface area contributed by atoms with Gasteiger partial charge in [-0.15, -0.1) is 0 Å². The number of aryl methyl sites for hydroxylation is 1. The second-order valence-electron chi connectivity index (χ2n) is 4.19. The molecule has 5 heteroatoms. The first-order chi connectivity index (χ1) is 7.95. The van der Waals surface area contributed by atoms with Crippen LogP contribution in [-0.2, 0) is 4.79 Å². The number of hydrogen-bond donors (Lipinski definition) is 1. The molecule has 1 unspecified atom stereocenters. The number of carbonyl (C=O) groups excluding carboxylic acids is 1. The normalized spacial score (nSPS) is 12.1. The molecule has 0 aromatic carbocycles. The van der Waals surface area contributed by atoms with Crippen LogP contribution in [-0.4, -0.2) is 31.5 Å². The summed E-state index contributed by atoms with van der Waals surface area (Å²) in [5.74, 6) is 0.894. The highest BCUT2D eigenvalue weighted by Gasteiger charge is 2.15. The summed E-state index contributed by atoms with van der Waals surface area (Å²) in [6.07, 6.45) is 1.77. The maximum Gasteiger partial charge on any atom is 0.224 e. The minimum Gasteiger partial charge on any atom is -0.359 e. The Kier molecular flexibility index (Phi) is 4.93. The first-order valence-electron chi connectivity index (χ1n) is 5.50. The number of amides is 1. The monoisotopic (exact) mass is 299 g/mol. The van der Waals surface area contributed by atoms with Crippen molar-refractivity contribution in [3.63, 3.8) is 0 Å². The maximum absolute atomic E-state index is 11.5. The average Bonchev–Trinajstić information content (AvgIpc) is 2.27. The van der Waals surface area contributed by atoms with Crippen molar-refractivity contribution in [2.45, 2.75) is 13.8 Å². The molecule has 0 fully saturated rings. The van der Waals surface area contributed by atoms with Gasteiger partial charge < -0.3 is 10.2 Å². The molecule has 0 aliphatic carbocycles. The summed E-state index contributed by atoms with van der Waals surface area (Å²) >= 11 is 3.39. The standard InChI is InChI=1S/C12H18BrN3O/c1-8-5-10(13)6-15-11(8)16(4)7-9(2)12(17)14-3/h5-6,9H,7H2,1-4H3,(H,14,17). The fourth-order valence-corrected chi connectivity index (χ4v) is 2.21. The van der Waals surface area contributed by atoms with E-state index in [0.29, 0.717) is 6.54 Å². The van der Waals surface area contributed by atoms with Crippen LogP contribution in [0.2, 0.25) is 0 Å². The van der Waals surface area contributed by atoms with Gasteiger partial charge in [-0.05, 0) is 34.5 Å². The Morgan fingerprint density at radius 3 is 2.82 bits per heavy atom. The first kappa shape index (κ1) is 14.0. The Hall–Kier alpha value is -1.10. The number of rotatable bonds is 4. The van der Waals surface area contributed by atoms with Gasteiger partial charge in [0.25, 0.3) is 0 Å². The third kappa shape index (κ3) is 3.70. The van der Waals surface area contributed by atoms with Gasteiger partial charge in [0.1, 0.15) is 5.82 Å². The quantitative estimate of drug-likeness (QED) is 0.924. The lowest BCUT2D eigenvalue weighted by atomic mass is 10.1. The van der Waals surface area contributed by atoms with Gasteiger partial charge in [-0.25, -0.2) is 4.98 Å². The Bertz CT molecular complexity index is 409. The molecule has 0 aliphatic rings. The number of halogens is 1. The second-order valence-corrected chi connectivity index (χ2v) is 5.11. The number of anilines is 1. The average molecular weight is 300 g/mol. The molecule has 4 nitrogen and oxygen atoms in total. The Labute approximate surface area is 111 Å². The van der Waals surface area contributed by atoms with Crippen LogP contribution < -0.4 is 10.2 Å². The third-order valence-electron chi connectivity index (χ3n) is 2.62. The number of nitrogens with one attached hydrogen (secondary N) is 1. The summed E-state index contributed by atoms with van der Waals surface area (Å²) in [6, 6.07) is 2.02. The zero-order valence-corrected chi connectivity index (χ0v) is 12.2. The smallest absolute Gasteiger partial charge is 0.224 e. The summed E-state index contributed by atoms with van der Waals surface area (Å²) in [5.41, 5.74) is 1.09. The summed E-state index contributed by atoms with van der Waals surface area (Å²) in [6.45, 7) is 4.56. The molecule has 0 bridgehead atoms. The molecule has 94 valence electrons. The summed E-state index contributed by atoms with van der Waals surface area (Å²) < 4.78 is 0.964. The molecule has 1 rings (SSSR count). The zero-order valence-electron chi connectivity index (χ0n) is 10.6. The van der Waals surface area contributed by atoms with E-state index in [9.17, 15) is 4.79 Å². The minimum atomic E-state index is -0.0603. The van der Waals surface area contributed by atoms with E-state index in [1.165, 1.54) is 0 Å². The van der Waals surface area contributed by atoms with E-state index in [2.05, 4.69) is 26.2 Å². The largest absolute Gasteiger partial charge is 0.359 e. The van der Waals surface area contributed by atoms with Crippen LogP contribution in [0.15, 0.2) is 16.7 Å². The number of aromatic nitrogens is 1. The lowest BCUT2D eigenvalue weighted by Crippen LogP contribution is -2.34. The number of pyridine rings is 1. The van der Waals surface area contributed by atoms with Crippen molar-refractivity contribution in [1.29, 1.82) is 0 Å². The van der Waals surface area contributed by atoms with Crippen LogP contribution in [0.25, 0.3) is 0 Å². The van der Waals surface area contributed by atoms with Crippen molar-refractivity contribution < 1.29 is 4.79 Å². The molecule has 0 saturated heterocycles. The molecule has 0 aliphatic heterocycles. The summed E-state index contributed by atoms with van der Waals surface area (Å²) in [7, 11) is 3.60. The Morgan fingerprint density at radius 1 is 1.65 bits per heavy atom. The molecule has 1 aromatic rings. The van der Waals surface area contributed by atoms with E-state index in [-0.39, 0.29) is 11.8 Å². The number of hydrogen-bond acceptors (Lipinski definition) is 3. The van der Waals surface area contributed by atoms with E-state index in [0.717, 1.165) is 15.9 Å². The van der Waals surface area contributed by atoms with Crippen LogP contribution in [0.4, 0.5) is 5.82 Å². The lowest BCUT2D eigenvalue weighted by molar-refractivity contribution is -0.123. The SMILES string of the molecule is CNC(=O)C(C)CN(C)c1ncc(Br)cc1C. The van der Waals surface area contributed by atoms with Gasteiger partial charge in [0.15, 0.2) is 0 Å². The third-order valence-corrected chi connectivity index (χ3v) is 3.05. The van der Waals surface area contributed by atoms with Crippen molar-refractivity contribution in [3.8, 4) is 0 Å². The van der Waals surface area contributed by atoms with Crippen LogP contribution in [0.1, 0.15) is 12.5 Å². The highest BCUT2D eigenvalue weighted by atomic mass is 79.9. The molecule has 0 spiro atoms. The molecule has 0 saturated carbocycles. The van der Waals surface area contributed by atoms with Crippen molar-refractivity contribution >= 4 is 27.7 Å². The first-order valence-corrected chi connectivity index (χ1v) is 6.30. The van der Waals surface area contributed by atoms with E-state index >= 15 is 0 Å². The Balaban J connectivity index is 2.76. The molecule has 0 radical (unpaired) electrons. The highest BCUT2D eigenvalue weighted by molar-refractivity contribution is 9.10.